The third-order valence-electron chi connectivity index (χ3n) is 6.58. The molecule has 0 aliphatic carbocycles. The van der Waals surface area contributed by atoms with Crippen LogP contribution in [0.5, 0.6) is 0 Å². The molecule has 2 aliphatic heterocycles. The molecule has 2 fully saturated rings. The van der Waals surface area contributed by atoms with Crippen LogP contribution in [0.4, 0.5) is 5.95 Å². The van der Waals surface area contributed by atoms with Crippen molar-refractivity contribution in [3.05, 3.63) is 97.0 Å². The van der Waals surface area contributed by atoms with Gasteiger partial charge in [-0.25, -0.2) is 9.97 Å². The summed E-state index contributed by atoms with van der Waals surface area (Å²) in [4.78, 5) is 13.6. The Morgan fingerprint density at radius 2 is 1.40 bits per heavy atom. The van der Waals surface area contributed by atoms with Crippen molar-refractivity contribution < 1.29 is 9.47 Å². The zero-order valence-electron chi connectivity index (χ0n) is 19.2. The number of rotatable bonds is 7. The van der Waals surface area contributed by atoms with Gasteiger partial charge in [0.25, 0.3) is 0 Å². The molecule has 2 aromatic heterocycles. The number of ether oxygens (including phenoxy) is 2. The van der Waals surface area contributed by atoms with Crippen LogP contribution >= 0.6 is 0 Å². The van der Waals surface area contributed by atoms with Crippen molar-refractivity contribution in [2.45, 2.75) is 30.8 Å². The number of anilines is 1. The lowest BCUT2D eigenvalue weighted by Crippen LogP contribution is -2.42. The topological polar surface area (TPSA) is 81.2 Å². The average molecular weight is 466 g/mol. The number of hydrogen-bond donors (Lipinski definition) is 2. The van der Waals surface area contributed by atoms with E-state index < -0.39 is 0 Å². The summed E-state index contributed by atoms with van der Waals surface area (Å²) in [6.45, 7) is 1.85. The molecule has 6 rings (SSSR count). The van der Waals surface area contributed by atoms with E-state index in [-0.39, 0.29) is 24.3 Å². The highest BCUT2D eigenvalue weighted by atomic mass is 16.6. The first-order chi connectivity index (χ1) is 17.3. The van der Waals surface area contributed by atoms with Crippen molar-refractivity contribution in [3.8, 4) is 22.4 Å². The largest absolute Gasteiger partial charge is 0.371 e. The van der Waals surface area contributed by atoms with Gasteiger partial charge >= 0.3 is 0 Å². The fourth-order valence-corrected chi connectivity index (χ4v) is 4.76. The molecule has 0 spiro atoms. The summed E-state index contributed by atoms with van der Waals surface area (Å²) in [5, 5.41) is 6.97. The SMILES string of the molecule is c1ccc(-c2ccc(-c3ccnc(N[C@H]4CO[C@H]5[C@@H]4OC[C@@H]5NCc4ccccn4)n3)cc2)cc1. The second-order valence-corrected chi connectivity index (χ2v) is 8.86. The Labute approximate surface area is 204 Å². The minimum atomic E-state index is -0.0476. The number of benzene rings is 2. The molecule has 0 saturated carbocycles. The number of nitrogens with zero attached hydrogens (tertiary/aromatic N) is 3. The molecule has 2 N–H and O–H groups in total. The molecule has 7 heteroatoms. The van der Waals surface area contributed by atoms with Crippen molar-refractivity contribution in [3.63, 3.8) is 0 Å². The van der Waals surface area contributed by atoms with Crippen molar-refractivity contribution in [1.29, 1.82) is 0 Å². The van der Waals surface area contributed by atoms with E-state index in [2.05, 4.69) is 69.1 Å². The molecule has 2 aromatic carbocycles. The van der Waals surface area contributed by atoms with Crippen LogP contribution in [-0.2, 0) is 16.0 Å². The average Bonchev–Trinajstić information content (AvgIpc) is 3.52. The van der Waals surface area contributed by atoms with Gasteiger partial charge in [-0.1, -0.05) is 60.7 Å². The number of fused-ring (bicyclic) bond motifs is 1. The highest BCUT2D eigenvalue weighted by Gasteiger charge is 2.47. The smallest absolute Gasteiger partial charge is 0.223 e. The zero-order chi connectivity index (χ0) is 23.5. The zero-order valence-corrected chi connectivity index (χ0v) is 19.2. The molecule has 176 valence electrons. The fraction of sp³-hybridized carbons (Fsp3) is 0.250. The van der Waals surface area contributed by atoms with E-state index in [0.29, 0.717) is 25.7 Å². The Morgan fingerprint density at radius 1 is 0.686 bits per heavy atom. The van der Waals surface area contributed by atoms with Gasteiger partial charge in [-0.15, -0.1) is 0 Å². The molecule has 4 aromatic rings. The van der Waals surface area contributed by atoms with Crippen LogP contribution in [0.1, 0.15) is 5.69 Å². The fourth-order valence-electron chi connectivity index (χ4n) is 4.76. The van der Waals surface area contributed by atoms with Crippen LogP contribution in [-0.4, -0.2) is 52.5 Å². The summed E-state index contributed by atoms with van der Waals surface area (Å²) >= 11 is 0. The van der Waals surface area contributed by atoms with Crippen LogP contribution < -0.4 is 10.6 Å². The summed E-state index contributed by atoms with van der Waals surface area (Å²) < 4.78 is 12.2. The maximum atomic E-state index is 6.11. The Hall–Kier alpha value is -3.65. The molecule has 2 saturated heterocycles. The normalized spacial score (nSPS) is 23.2. The maximum Gasteiger partial charge on any atom is 0.223 e. The van der Waals surface area contributed by atoms with Gasteiger partial charge in [-0.2, -0.15) is 0 Å². The lowest BCUT2D eigenvalue weighted by Gasteiger charge is -2.18. The van der Waals surface area contributed by atoms with Gasteiger partial charge in [0, 0.05) is 24.5 Å². The minimum Gasteiger partial charge on any atom is -0.371 e. The van der Waals surface area contributed by atoms with Gasteiger partial charge in [0.15, 0.2) is 0 Å². The van der Waals surface area contributed by atoms with E-state index >= 15 is 0 Å². The standard InChI is InChI=1S/C28H27N5O2/c1-2-6-19(7-3-1)20-9-11-21(12-10-20)23-13-15-30-28(32-23)33-25-18-35-26-24(17-34-27(25)26)31-16-22-8-4-5-14-29-22/h1-15,24-27,31H,16-18H2,(H,30,32,33)/t24-,25-,26+,27+/m0/s1. The summed E-state index contributed by atoms with van der Waals surface area (Å²) in [6.07, 6.45) is 3.54. The number of aromatic nitrogens is 3. The highest BCUT2D eigenvalue weighted by Crippen LogP contribution is 2.29. The molecule has 35 heavy (non-hydrogen) atoms. The summed E-state index contributed by atoms with van der Waals surface area (Å²) in [5.74, 6) is 0.581. The minimum absolute atomic E-state index is 0.00245. The van der Waals surface area contributed by atoms with Crippen LogP contribution in [0.3, 0.4) is 0 Å². The van der Waals surface area contributed by atoms with Gasteiger partial charge in [0.1, 0.15) is 12.2 Å². The van der Waals surface area contributed by atoms with Crippen molar-refractivity contribution in [1.82, 2.24) is 20.3 Å². The summed E-state index contributed by atoms with van der Waals surface area (Å²) in [5.41, 5.74) is 5.31. The first-order valence-electron chi connectivity index (χ1n) is 12.0. The third-order valence-corrected chi connectivity index (χ3v) is 6.58. The second-order valence-electron chi connectivity index (χ2n) is 8.86. The highest BCUT2D eigenvalue weighted by molar-refractivity contribution is 5.69. The first-order valence-corrected chi connectivity index (χ1v) is 12.0. The number of pyridine rings is 1. The van der Waals surface area contributed by atoms with Gasteiger partial charge in [-0.05, 0) is 29.3 Å². The lowest BCUT2D eigenvalue weighted by atomic mass is 10.0. The molecule has 0 bridgehead atoms. The monoisotopic (exact) mass is 465 g/mol. The molecule has 4 atom stereocenters. The van der Waals surface area contributed by atoms with Crippen molar-refractivity contribution >= 4 is 5.95 Å². The number of hydrogen-bond acceptors (Lipinski definition) is 7. The predicted molar refractivity (Wildman–Crippen MR) is 135 cm³/mol. The summed E-state index contributed by atoms with van der Waals surface area (Å²) in [6, 6.07) is 26.8. The summed E-state index contributed by atoms with van der Waals surface area (Å²) in [7, 11) is 0. The van der Waals surface area contributed by atoms with Gasteiger partial charge in [0.2, 0.25) is 5.95 Å². The van der Waals surface area contributed by atoms with E-state index in [4.69, 9.17) is 14.5 Å². The molecule has 4 heterocycles. The van der Waals surface area contributed by atoms with Gasteiger partial charge < -0.3 is 20.1 Å². The quantitative estimate of drug-likeness (QED) is 0.428. The molecular formula is C28H27N5O2. The van der Waals surface area contributed by atoms with E-state index in [1.54, 1.807) is 6.20 Å². The van der Waals surface area contributed by atoms with Gasteiger partial charge in [-0.3, -0.25) is 4.98 Å². The number of nitrogens with one attached hydrogen (secondary N) is 2. The Kier molecular flexibility index (Phi) is 6.19. The van der Waals surface area contributed by atoms with Crippen LogP contribution in [0.25, 0.3) is 22.4 Å². The van der Waals surface area contributed by atoms with E-state index in [1.807, 2.05) is 36.5 Å². The Balaban J connectivity index is 1.10. The third kappa shape index (κ3) is 4.79. The molecule has 7 nitrogen and oxygen atoms in total. The first kappa shape index (κ1) is 21.9. The lowest BCUT2D eigenvalue weighted by molar-refractivity contribution is 0.0674. The van der Waals surface area contributed by atoms with Crippen molar-refractivity contribution in [2.75, 3.05) is 18.5 Å². The van der Waals surface area contributed by atoms with Crippen molar-refractivity contribution in [2.24, 2.45) is 0 Å². The Morgan fingerprint density at radius 3 is 2.20 bits per heavy atom. The molecule has 0 unspecified atom stereocenters. The molecular weight excluding hydrogens is 438 g/mol. The van der Waals surface area contributed by atoms with Crippen LogP contribution in [0, 0.1) is 0 Å². The Bertz CT molecular complexity index is 1250. The maximum absolute atomic E-state index is 6.11. The second kappa shape index (κ2) is 9.92. The molecule has 0 radical (unpaired) electrons. The van der Waals surface area contributed by atoms with E-state index in [1.165, 1.54) is 11.1 Å². The van der Waals surface area contributed by atoms with E-state index in [9.17, 15) is 0 Å². The van der Waals surface area contributed by atoms with Crippen LogP contribution in [0.15, 0.2) is 91.3 Å². The molecule has 2 aliphatic rings. The molecule has 0 amide bonds. The van der Waals surface area contributed by atoms with Gasteiger partial charge in [0.05, 0.1) is 36.7 Å². The predicted octanol–water partition coefficient (Wildman–Crippen LogP) is 3.94. The van der Waals surface area contributed by atoms with E-state index in [0.717, 1.165) is 17.0 Å². The van der Waals surface area contributed by atoms with Crippen LogP contribution in [0.2, 0.25) is 0 Å².